The third kappa shape index (κ3) is 3.65. The first-order chi connectivity index (χ1) is 9.65. The molecule has 1 heterocycles. The Labute approximate surface area is 129 Å². The third-order valence-corrected chi connectivity index (χ3v) is 4.39. The van der Waals surface area contributed by atoms with Gasteiger partial charge >= 0.3 is 0 Å². The van der Waals surface area contributed by atoms with Crippen molar-refractivity contribution in [1.82, 2.24) is 4.90 Å². The van der Waals surface area contributed by atoms with Crippen LogP contribution < -0.4 is 5.73 Å². The van der Waals surface area contributed by atoms with Gasteiger partial charge in [-0.1, -0.05) is 18.2 Å². The van der Waals surface area contributed by atoms with Crippen molar-refractivity contribution in [1.29, 1.82) is 0 Å². The molecule has 0 saturated carbocycles. The molecule has 1 atom stereocenters. The van der Waals surface area contributed by atoms with E-state index in [1.165, 1.54) is 16.7 Å². The second kappa shape index (κ2) is 5.71. The highest BCUT2D eigenvalue weighted by molar-refractivity contribution is 5.35. The van der Waals surface area contributed by atoms with Crippen molar-refractivity contribution >= 4 is 0 Å². The lowest BCUT2D eigenvalue weighted by molar-refractivity contribution is -0.187. The van der Waals surface area contributed by atoms with Crippen LogP contribution in [-0.2, 0) is 4.74 Å². The minimum Gasteiger partial charge on any atom is -0.367 e. The molecule has 118 valence electrons. The summed E-state index contributed by atoms with van der Waals surface area (Å²) < 4.78 is 6.19. The number of hydrogen-bond acceptors (Lipinski definition) is 3. The molecule has 0 bridgehead atoms. The highest BCUT2D eigenvalue weighted by Gasteiger charge is 2.40. The third-order valence-electron chi connectivity index (χ3n) is 4.39. The molecule has 21 heavy (non-hydrogen) atoms. The molecule has 1 saturated heterocycles. The first kappa shape index (κ1) is 16.5. The summed E-state index contributed by atoms with van der Waals surface area (Å²) in [7, 11) is 0. The lowest BCUT2D eigenvalue weighted by Gasteiger charge is -2.49. The van der Waals surface area contributed by atoms with Gasteiger partial charge in [0.05, 0.1) is 11.2 Å². The van der Waals surface area contributed by atoms with Crippen LogP contribution in [0.1, 0.15) is 50.4 Å². The van der Waals surface area contributed by atoms with E-state index < -0.39 is 0 Å². The fraction of sp³-hybridized carbons (Fsp3) is 0.667. The lowest BCUT2D eigenvalue weighted by atomic mass is 9.92. The van der Waals surface area contributed by atoms with Gasteiger partial charge in [0, 0.05) is 25.7 Å². The van der Waals surface area contributed by atoms with Crippen LogP contribution in [0, 0.1) is 13.8 Å². The topological polar surface area (TPSA) is 38.5 Å². The first-order valence-electron chi connectivity index (χ1n) is 7.86. The summed E-state index contributed by atoms with van der Waals surface area (Å²) in [5.41, 5.74) is 9.90. The van der Waals surface area contributed by atoms with E-state index in [9.17, 15) is 0 Å². The SMILES string of the molecule is Cc1cccc(C(CN)N2CC(C)(C)OC(C)(C)C2)c1C. The van der Waals surface area contributed by atoms with Crippen molar-refractivity contribution in [3.63, 3.8) is 0 Å². The molecule has 0 radical (unpaired) electrons. The Kier molecular flexibility index (Phi) is 4.48. The highest BCUT2D eigenvalue weighted by atomic mass is 16.5. The van der Waals surface area contributed by atoms with Crippen LogP contribution in [0.4, 0.5) is 0 Å². The zero-order valence-electron chi connectivity index (χ0n) is 14.4. The Morgan fingerprint density at radius 2 is 1.71 bits per heavy atom. The van der Waals surface area contributed by atoms with E-state index >= 15 is 0 Å². The molecule has 1 aromatic rings. The summed E-state index contributed by atoms with van der Waals surface area (Å²) in [5, 5.41) is 0. The number of benzene rings is 1. The van der Waals surface area contributed by atoms with E-state index in [-0.39, 0.29) is 17.2 Å². The average Bonchev–Trinajstić information content (AvgIpc) is 2.31. The summed E-state index contributed by atoms with van der Waals surface area (Å²) >= 11 is 0. The summed E-state index contributed by atoms with van der Waals surface area (Å²) in [6, 6.07) is 6.78. The Hall–Kier alpha value is -0.900. The number of hydrogen-bond donors (Lipinski definition) is 1. The largest absolute Gasteiger partial charge is 0.367 e. The van der Waals surface area contributed by atoms with Crippen LogP contribution in [0.3, 0.4) is 0 Å². The predicted octanol–water partition coefficient (Wildman–Crippen LogP) is 3.19. The van der Waals surface area contributed by atoms with Crippen molar-refractivity contribution in [3.05, 3.63) is 34.9 Å². The zero-order valence-corrected chi connectivity index (χ0v) is 14.4. The van der Waals surface area contributed by atoms with Gasteiger partial charge in [-0.25, -0.2) is 0 Å². The molecule has 0 aromatic heterocycles. The fourth-order valence-corrected chi connectivity index (χ4v) is 3.67. The monoisotopic (exact) mass is 290 g/mol. The van der Waals surface area contributed by atoms with Crippen molar-refractivity contribution < 1.29 is 4.74 Å². The fourth-order valence-electron chi connectivity index (χ4n) is 3.67. The molecular formula is C18H30N2O. The Balaban J connectivity index is 2.35. The van der Waals surface area contributed by atoms with Gasteiger partial charge in [0.1, 0.15) is 0 Å². The first-order valence-corrected chi connectivity index (χ1v) is 7.86. The number of aryl methyl sites for hydroxylation is 1. The number of nitrogens with two attached hydrogens (primary N) is 1. The molecule has 0 amide bonds. The van der Waals surface area contributed by atoms with Gasteiger partial charge in [0.25, 0.3) is 0 Å². The van der Waals surface area contributed by atoms with E-state index in [1.54, 1.807) is 0 Å². The highest BCUT2D eigenvalue weighted by Crippen LogP contribution is 2.34. The van der Waals surface area contributed by atoms with E-state index in [2.05, 4.69) is 64.6 Å². The number of morpholine rings is 1. The summed E-state index contributed by atoms with van der Waals surface area (Å²) in [6.45, 7) is 15.5. The minimum absolute atomic E-state index is 0.146. The van der Waals surface area contributed by atoms with Gasteiger partial charge in [-0.05, 0) is 58.2 Å². The maximum atomic E-state index is 6.19. The number of rotatable bonds is 3. The molecular weight excluding hydrogens is 260 g/mol. The molecule has 1 fully saturated rings. The molecule has 2 rings (SSSR count). The lowest BCUT2D eigenvalue weighted by Crippen LogP contribution is -2.58. The minimum atomic E-state index is -0.146. The van der Waals surface area contributed by atoms with E-state index in [4.69, 9.17) is 10.5 Å². The smallest absolute Gasteiger partial charge is 0.0761 e. The molecule has 0 aliphatic carbocycles. The van der Waals surface area contributed by atoms with Gasteiger partial charge in [-0.15, -0.1) is 0 Å². The maximum Gasteiger partial charge on any atom is 0.0761 e. The van der Waals surface area contributed by atoms with Crippen molar-refractivity contribution in [2.75, 3.05) is 19.6 Å². The van der Waals surface area contributed by atoms with Crippen molar-refractivity contribution in [3.8, 4) is 0 Å². The van der Waals surface area contributed by atoms with Crippen LogP contribution in [0.5, 0.6) is 0 Å². The molecule has 3 nitrogen and oxygen atoms in total. The van der Waals surface area contributed by atoms with Crippen molar-refractivity contribution in [2.45, 2.75) is 58.8 Å². The quantitative estimate of drug-likeness (QED) is 0.929. The second-order valence-electron chi connectivity index (χ2n) is 7.57. The van der Waals surface area contributed by atoms with Gasteiger partial charge in [-0.2, -0.15) is 0 Å². The van der Waals surface area contributed by atoms with Crippen molar-refractivity contribution in [2.24, 2.45) is 5.73 Å². The van der Waals surface area contributed by atoms with Crippen LogP contribution in [0.2, 0.25) is 0 Å². The standard InChI is InChI=1S/C18H30N2O/c1-13-8-7-9-15(14(13)2)16(10-19)20-11-17(3,4)21-18(5,6)12-20/h7-9,16H,10-12,19H2,1-6H3. The Morgan fingerprint density at radius 3 is 2.24 bits per heavy atom. The molecule has 2 N–H and O–H groups in total. The van der Waals surface area contributed by atoms with E-state index in [0.29, 0.717) is 6.54 Å². The molecule has 3 heteroatoms. The normalized spacial score (nSPS) is 23.0. The van der Waals surface area contributed by atoms with E-state index in [1.807, 2.05) is 0 Å². The zero-order chi connectivity index (χ0) is 15.8. The van der Waals surface area contributed by atoms with E-state index in [0.717, 1.165) is 13.1 Å². The number of nitrogens with zero attached hydrogens (tertiary/aromatic N) is 1. The average molecular weight is 290 g/mol. The summed E-state index contributed by atoms with van der Waals surface area (Å²) in [5.74, 6) is 0. The van der Waals surface area contributed by atoms with Gasteiger partial charge < -0.3 is 10.5 Å². The Morgan fingerprint density at radius 1 is 1.14 bits per heavy atom. The van der Waals surface area contributed by atoms with Crippen LogP contribution >= 0.6 is 0 Å². The Bertz CT molecular complexity index is 492. The summed E-state index contributed by atoms with van der Waals surface area (Å²) in [4.78, 5) is 2.49. The number of ether oxygens (including phenoxy) is 1. The van der Waals surface area contributed by atoms with Crippen LogP contribution in [-0.4, -0.2) is 35.7 Å². The molecule has 1 aliphatic rings. The predicted molar refractivity (Wildman–Crippen MR) is 88.5 cm³/mol. The van der Waals surface area contributed by atoms with Crippen LogP contribution in [0.25, 0.3) is 0 Å². The second-order valence-corrected chi connectivity index (χ2v) is 7.57. The molecule has 1 aromatic carbocycles. The van der Waals surface area contributed by atoms with Crippen LogP contribution in [0.15, 0.2) is 18.2 Å². The maximum absolute atomic E-state index is 6.19. The van der Waals surface area contributed by atoms with Gasteiger partial charge in [-0.3, -0.25) is 4.90 Å². The summed E-state index contributed by atoms with van der Waals surface area (Å²) in [6.07, 6.45) is 0. The molecule has 1 aliphatic heterocycles. The molecule has 0 spiro atoms. The van der Waals surface area contributed by atoms with Gasteiger partial charge in [0.2, 0.25) is 0 Å². The van der Waals surface area contributed by atoms with Gasteiger partial charge in [0.15, 0.2) is 0 Å². The molecule has 1 unspecified atom stereocenters.